The fourth-order valence-electron chi connectivity index (χ4n) is 2.81. The maximum Gasteiger partial charge on any atom is 0.254 e. The highest BCUT2D eigenvalue weighted by Crippen LogP contribution is 2.27. The second-order valence-electron chi connectivity index (χ2n) is 7.14. The van der Waals surface area contributed by atoms with Gasteiger partial charge >= 0.3 is 0 Å². The summed E-state index contributed by atoms with van der Waals surface area (Å²) in [5.74, 6) is 0.0935. The summed E-state index contributed by atoms with van der Waals surface area (Å²) in [5, 5.41) is 6.19. The van der Waals surface area contributed by atoms with Gasteiger partial charge < -0.3 is 16.4 Å². The molecule has 28 heavy (non-hydrogen) atoms. The van der Waals surface area contributed by atoms with Crippen LogP contribution in [0.4, 0.5) is 17.5 Å². The Bertz CT molecular complexity index is 985. The lowest BCUT2D eigenvalue weighted by atomic mass is 9.94. The molecular weight excluding hydrogens is 380 g/mol. The lowest BCUT2D eigenvalue weighted by molar-refractivity contribution is 0.100. The molecule has 0 saturated heterocycles. The van der Waals surface area contributed by atoms with E-state index in [0.717, 1.165) is 32.1 Å². The van der Waals surface area contributed by atoms with Crippen LogP contribution in [0.5, 0.6) is 0 Å². The predicted octanol–water partition coefficient (Wildman–Crippen LogP) is 1.72. The van der Waals surface area contributed by atoms with Gasteiger partial charge in [-0.1, -0.05) is 6.42 Å². The van der Waals surface area contributed by atoms with Gasteiger partial charge in [0.1, 0.15) is 5.82 Å². The number of carbonyl (C=O) groups excluding carboxylic acids is 1. The maximum atomic E-state index is 12.4. The first-order valence-corrected chi connectivity index (χ1v) is 10.7. The number of benzene rings is 1. The minimum Gasteiger partial charge on any atom is -0.367 e. The van der Waals surface area contributed by atoms with Crippen LogP contribution in [0.1, 0.15) is 42.5 Å². The van der Waals surface area contributed by atoms with Crippen LogP contribution >= 0.6 is 0 Å². The molecule has 0 bridgehead atoms. The highest BCUT2D eigenvalue weighted by atomic mass is 32.2. The van der Waals surface area contributed by atoms with Crippen molar-refractivity contribution in [2.45, 2.75) is 49.1 Å². The molecule has 0 radical (unpaired) electrons. The molecule has 0 spiro atoms. The Kier molecular flexibility index (Phi) is 4.90. The Balaban J connectivity index is 1.48. The fraction of sp³-hybridized carbons (Fsp3) is 0.389. The van der Waals surface area contributed by atoms with Crippen LogP contribution in [0, 0.1) is 0 Å². The van der Waals surface area contributed by atoms with Crippen molar-refractivity contribution in [3.05, 3.63) is 36.0 Å². The number of nitrogens with one attached hydrogen (secondary N) is 3. The molecule has 5 N–H and O–H groups in total. The molecule has 2 aliphatic rings. The maximum absolute atomic E-state index is 12.4. The van der Waals surface area contributed by atoms with Gasteiger partial charge in [-0.05, 0) is 49.9 Å². The molecular formula is C18H22N6O3S. The van der Waals surface area contributed by atoms with Crippen LogP contribution in [0.15, 0.2) is 35.4 Å². The third-order valence-electron chi connectivity index (χ3n) is 4.82. The van der Waals surface area contributed by atoms with Crippen LogP contribution in [-0.2, 0) is 10.0 Å². The van der Waals surface area contributed by atoms with Crippen LogP contribution in [0.2, 0.25) is 0 Å². The largest absolute Gasteiger partial charge is 0.367 e. The quantitative estimate of drug-likeness (QED) is 0.527. The van der Waals surface area contributed by atoms with E-state index in [1.165, 1.54) is 18.3 Å². The molecule has 1 amide bonds. The van der Waals surface area contributed by atoms with Gasteiger partial charge in [0.15, 0.2) is 0 Å². The summed E-state index contributed by atoms with van der Waals surface area (Å²) in [7, 11) is -3.51. The first kappa shape index (κ1) is 18.6. The van der Waals surface area contributed by atoms with Gasteiger partial charge in [0.25, 0.3) is 5.91 Å². The molecule has 0 aliphatic heterocycles. The van der Waals surface area contributed by atoms with E-state index < -0.39 is 15.9 Å². The minimum absolute atomic E-state index is 0.0392. The molecule has 1 aromatic carbocycles. The third-order valence-corrected chi connectivity index (χ3v) is 6.36. The molecule has 2 fully saturated rings. The lowest BCUT2D eigenvalue weighted by Gasteiger charge is -2.26. The second-order valence-corrected chi connectivity index (χ2v) is 8.85. The summed E-state index contributed by atoms with van der Waals surface area (Å²) >= 11 is 0. The minimum atomic E-state index is -3.51. The number of sulfonamides is 1. The normalized spacial score (nSPS) is 17.0. The Hall–Kier alpha value is -2.72. The summed E-state index contributed by atoms with van der Waals surface area (Å²) in [4.78, 5) is 20.2. The monoisotopic (exact) mass is 402 g/mol. The molecule has 2 aliphatic carbocycles. The molecule has 9 nitrogen and oxygen atoms in total. The van der Waals surface area contributed by atoms with E-state index in [4.69, 9.17) is 5.73 Å². The van der Waals surface area contributed by atoms with E-state index in [9.17, 15) is 13.2 Å². The van der Waals surface area contributed by atoms with Gasteiger partial charge in [-0.25, -0.2) is 18.1 Å². The zero-order valence-electron chi connectivity index (χ0n) is 15.2. The molecule has 10 heteroatoms. The van der Waals surface area contributed by atoms with Gasteiger partial charge in [0, 0.05) is 24.0 Å². The predicted molar refractivity (Wildman–Crippen MR) is 105 cm³/mol. The molecule has 1 heterocycles. The number of nitrogens with two attached hydrogens (primary N) is 1. The van der Waals surface area contributed by atoms with E-state index in [0.29, 0.717) is 17.5 Å². The van der Waals surface area contributed by atoms with E-state index >= 15 is 0 Å². The first-order chi connectivity index (χ1) is 13.4. The summed E-state index contributed by atoms with van der Waals surface area (Å²) in [5.41, 5.74) is 6.25. The molecule has 2 saturated carbocycles. The fourth-order valence-corrected chi connectivity index (χ4v) is 4.12. The van der Waals surface area contributed by atoms with Gasteiger partial charge in [-0.15, -0.1) is 0 Å². The summed E-state index contributed by atoms with van der Waals surface area (Å²) < 4.78 is 27.4. The standard InChI is InChI=1S/C18H22N6O3S/c19-16(25)15-10-20-18(23-17(15)21-11-4-5-11)22-12-6-8-14(9-7-12)28(26,27)24-13-2-1-3-13/h6-11,13,24H,1-5H2,(H2,19,25)(H2,20,21,22,23). The van der Waals surface area contributed by atoms with Crippen molar-refractivity contribution in [3.8, 4) is 0 Å². The zero-order chi connectivity index (χ0) is 19.7. The van der Waals surface area contributed by atoms with Crippen molar-refractivity contribution in [1.82, 2.24) is 14.7 Å². The van der Waals surface area contributed by atoms with Gasteiger partial charge in [0.05, 0.1) is 10.5 Å². The zero-order valence-corrected chi connectivity index (χ0v) is 16.0. The van der Waals surface area contributed by atoms with Crippen molar-refractivity contribution >= 4 is 33.4 Å². The first-order valence-electron chi connectivity index (χ1n) is 9.23. The molecule has 0 atom stereocenters. The van der Waals surface area contributed by atoms with E-state index in [1.54, 1.807) is 12.1 Å². The Morgan fingerprint density at radius 2 is 1.79 bits per heavy atom. The van der Waals surface area contributed by atoms with Crippen molar-refractivity contribution in [3.63, 3.8) is 0 Å². The van der Waals surface area contributed by atoms with E-state index in [-0.39, 0.29) is 22.4 Å². The number of hydrogen-bond donors (Lipinski definition) is 4. The second kappa shape index (κ2) is 7.36. The third kappa shape index (κ3) is 4.23. The average Bonchev–Trinajstić information content (AvgIpc) is 3.43. The number of carbonyl (C=O) groups is 1. The van der Waals surface area contributed by atoms with Gasteiger partial charge in [-0.3, -0.25) is 4.79 Å². The van der Waals surface area contributed by atoms with Crippen LogP contribution in [0.25, 0.3) is 0 Å². The lowest BCUT2D eigenvalue weighted by Crippen LogP contribution is -2.39. The summed E-state index contributed by atoms with van der Waals surface area (Å²) in [6.45, 7) is 0. The van der Waals surface area contributed by atoms with Crippen molar-refractivity contribution < 1.29 is 13.2 Å². The summed E-state index contributed by atoms with van der Waals surface area (Å²) in [6.07, 6.45) is 6.25. The number of hydrogen-bond acceptors (Lipinski definition) is 7. The average molecular weight is 402 g/mol. The molecule has 1 aromatic heterocycles. The number of nitrogens with zero attached hydrogens (tertiary/aromatic N) is 2. The van der Waals surface area contributed by atoms with Crippen LogP contribution in [-0.4, -0.2) is 36.4 Å². The van der Waals surface area contributed by atoms with Crippen molar-refractivity contribution in [1.29, 1.82) is 0 Å². The van der Waals surface area contributed by atoms with Crippen molar-refractivity contribution in [2.75, 3.05) is 10.6 Å². The Labute approximate surface area is 163 Å². The van der Waals surface area contributed by atoms with Crippen LogP contribution in [0.3, 0.4) is 0 Å². The number of amides is 1. The van der Waals surface area contributed by atoms with Gasteiger partial charge in [0.2, 0.25) is 16.0 Å². The molecule has 4 rings (SSSR count). The number of aromatic nitrogens is 2. The van der Waals surface area contributed by atoms with E-state index in [2.05, 4.69) is 25.3 Å². The van der Waals surface area contributed by atoms with E-state index in [1.807, 2.05) is 0 Å². The number of anilines is 3. The SMILES string of the molecule is NC(=O)c1cnc(Nc2ccc(S(=O)(=O)NC3CCC3)cc2)nc1NC1CC1. The molecule has 0 unspecified atom stereocenters. The number of rotatable bonds is 8. The highest BCUT2D eigenvalue weighted by molar-refractivity contribution is 7.89. The Morgan fingerprint density at radius 3 is 2.36 bits per heavy atom. The summed E-state index contributed by atoms with van der Waals surface area (Å²) in [6, 6.07) is 6.70. The Morgan fingerprint density at radius 1 is 1.07 bits per heavy atom. The molecule has 148 valence electrons. The van der Waals surface area contributed by atoms with Gasteiger partial charge in [-0.2, -0.15) is 4.98 Å². The number of primary amides is 1. The van der Waals surface area contributed by atoms with Crippen LogP contribution < -0.4 is 21.1 Å². The molecule has 2 aromatic rings. The highest BCUT2D eigenvalue weighted by Gasteiger charge is 2.25. The topological polar surface area (TPSA) is 139 Å². The smallest absolute Gasteiger partial charge is 0.254 e. The van der Waals surface area contributed by atoms with Crippen molar-refractivity contribution in [2.24, 2.45) is 5.73 Å².